The first-order chi connectivity index (χ1) is 16.8. The van der Waals surface area contributed by atoms with Crippen LogP contribution in [0.1, 0.15) is 21.7 Å². The van der Waals surface area contributed by atoms with E-state index in [1.165, 1.54) is 28.8 Å². The highest BCUT2D eigenvalue weighted by molar-refractivity contribution is 8.09. The van der Waals surface area contributed by atoms with E-state index in [0.29, 0.717) is 11.3 Å². The van der Waals surface area contributed by atoms with Gasteiger partial charge >= 0.3 is 0 Å². The van der Waals surface area contributed by atoms with Gasteiger partial charge in [0, 0.05) is 16.9 Å². The molecule has 2 N–H and O–H groups in total. The maximum Gasteiger partial charge on any atom is 0.285 e. The van der Waals surface area contributed by atoms with Gasteiger partial charge in [0.1, 0.15) is 5.56 Å². The predicted octanol–water partition coefficient (Wildman–Crippen LogP) is 2.28. The molecule has 0 spiro atoms. The molecule has 0 saturated carbocycles. The second kappa shape index (κ2) is 8.91. The molecule has 0 atom stereocenters. The lowest BCUT2D eigenvalue weighted by atomic mass is 10.1. The molecule has 0 bridgehead atoms. The summed E-state index contributed by atoms with van der Waals surface area (Å²) < 4.78 is 49.8. The monoisotopic (exact) mass is 529 g/mol. The van der Waals surface area contributed by atoms with Crippen molar-refractivity contribution in [3.05, 3.63) is 81.9 Å². The van der Waals surface area contributed by atoms with Crippen LogP contribution in [-0.2, 0) is 20.0 Å². The van der Waals surface area contributed by atoms with Crippen molar-refractivity contribution in [3.63, 3.8) is 0 Å². The van der Waals surface area contributed by atoms with Crippen molar-refractivity contribution in [2.24, 2.45) is 0 Å². The number of carbonyl (C=O) groups excluding carboxylic acids is 1. The van der Waals surface area contributed by atoms with Gasteiger partial charge in [0.25, 0.3) is 11.5 Å². The molecule has 0 fully saturated rings. The second-order valence-electron chi connectivity index (χ2n) is 8.24. The molecular formula is C23H23N5O6S2. The third kappa shape index (κ3) is 4.62. The van der Waals surface area contributed by atoms with Crippen LogP contribution in [0.5, 0.6) is 0 Å². The average molecular weight is 530 g/mol. The van der Waals surface area contributed by atoms with Crippen molar-refractivity contribution in [2.45, 2.75) is 13.8 Å². The highest BCUT2D eigenvalue weighted by Crippen LogP contribution is 2.27. The van der Waals surface area contributed by atoms with E-state index in [2.05, 4.69) is 15.4 Å². The molecule has 2 heterocycles. The minimum atomic E-state index is -4.17. The summed E-state index contributed by atoms with van der Waals surface area (Å²) >= 11 is 0. The van der Waals surface area contributed by atoms with Crippen molar-refractivity contribution in [3.8, 4) is 11.1 Å². The van der Waals surface area contributed by atoms with Gasteiger partial charge in [-0.25, -0.2) is 26.3 Å². The zero-order chi connectivity index (χ0) is 26.4. The Morgan fingerprint density at radius 3 is 2.22 bits per heavy atom. The van der Waals surface area contributed by atoms with Crippen LogP contribution in [0.15, 0.2) is 59.4 Å². The highest BCUT2D eigenvalue weighted by Gasteiger charge is 2.28. The fourth-order valence-electron chi connectivity index (χ4n) is 4.02. The zero-order valence-corrected chi connectivity index (χ0v) is 21.4. The Morgan fingerprint density at radius 1 is 0.972 bits per heavy atom. The number of benzene rings is 2. The second-order valence-corrected chi connectivity index (χ2v) is 12.1. The smallest absolute Gasteiger partial charge is 0.285 e. The average Bonchev–Trinajstić information content (AvgIpc) is 3.08. The van der Waals surface area contributed by atoms with Crippen LogP contribution in [0, 0.1) is 13.8 Å². The summed E-state index contributed by atoms with van der Waals surface area (Å²) in [5, 5.41) is 5.49. The molecule has 0 radical (unpaired) electrons. The molecule has 13 heteroatoms. The Morgan fingerprint density at radius 2 is 1.61 bits per heavy atom. The van der Waals surface area contributed by atoms with E-state index in [4.69, 9.17) is 0 Å². The molecule has 4 rings (SSSR count). The summed E-state index contributed by atoms with van der Waals surface area (Å²) in [6, 6.07) is 14.7. The van der Waals surface area contributed by atoms with E-state index >= 15 is 0 Å². The van der Waals surface area contributed by atoms with E-state index in [0.717, 1.165) is 23.6 Å². The summed E-state index contributed by atoms with van der Waals surface area (Å²) in [5.41, 5.74) is 1.91. The summed E-state index contributed by atoms with van der Waals surface area (Å²) in [6.07, 6.45) is 1.51. The van der Waals surface area contributed by atoms with Crippen LogP contribution in [0.3, 0.4) is 0 Å². The summed E-state index contributed by atoms with van der Waals surface area (Å²) in [6.45, 7) is 3.34. The number of sulfonamides is 2. The standard InChI is InChI=1S/C23H23N5O6S2/c1-14-20(23(30)27-21(24-14)19(15(2)26-27)16-9-6-5-7-10-16)22(29)25-17-11-8-12-18(13-17)28(35(3,31)32)36(4,33)34/h5-13,26H,1-4H3,(H,25,29). The van der Waals surface area contributed by atoms with Crippen molar-refractivity contribution >= 4 is 43.0 Å². The van der Waals surface area contributed by atoms with Crippen LogP contribution in [0.2, 0.25) is 0 Å². The normalized spacial score (nSPS) is 12.0. The number of aryl methyl sites for hydroxylation is 2. The van der Waals surface area contributed by atoms with Gasteiger partial charge in [0.2, 0.25) is 20.0 Å². The molecule has 2 aromatic heterocycles. The largest absolute Gasteiger partial charge is 0.322 e. The van der Waals surface area contributed by atoms with Gasteiger partial charge in [0.15, 0.2) is 5.65 Å². The van der Waals surface area contributed by atoms with E-state index in [9.17, 15) is 26.4 Å². The molecule has 36 heavy (non-hydrogen) atoms. The fraction of sp³-hybridized carbons (Fsp3) is 0.174. The van der Waals surface area contributed by atoms with E-state index in [1.54, 1.807) is 13.8 Å². The van der Waals surface area contributed by atoms with Crippen LogP contribution in [0.4, 0.5) is 11.4 Å². The van der Waals surface area contributed by atoms with Crippen molar-refractivity contribution in [2.75, 3.05) is 21.5 Å². The number of H-pyrrole nitrogens is 1. The number of hydrogen-bond donors (Lipinski definition) is 2. The van der Waals surface area contributed by atoms with Crippen LogP contribution in [-0.4, -0.2) is 49.9 Å². The van der Waals surface area contributed by atoms with Gasteiger partial charge < -0.3 is 5.32 Å². The Bertz CT molecular complexity index is 1740. The Labute approximate surface area is 207 Å². The number of anilines is 2. The molecule has 11 nitrogen and oxygen atoms in total. The first-order valence-corrected chi connectivity index (χ1v) is 14.3. The lowest BCUT2D eigenvalue weighted by molar-refractivity contribution is 0.102. The van der Waals surface area contributed by atoms with Gasteiger partial charge in [-0.15, -0.1) is 0 Å². The molecule has 188 valence electrons. The van der Waals surface area contributed by atoms with Gasteiger partial charge in [0.05, 0.1) is 23.9 Å². The minimum absolute atomic E-state index is 0.0892. The van der Waals surface area contributed by atoms with Gasteiger partial charge in [-0.05, 0) is 37.6 Å². The number of aromatic nitrogens is 3. The van der Waals surface area contributed by atoms with Crippen molar-refractivity contribution < 1.29 is 21.6 Å². The first kappa shape index (κ1) is 25.1. The van der Waals surface area contributed by atoms with Crippen molar-refractivity contribution in [1.82, 2.24) is 14.6 Å². The van der Waals surface area contributed by atoms with E-state index in [1.807, 2.05) is 30.3 Å². The molecule has 0 unspecified atom stereocenters. The molecule has 0 saturated heterocycles. The van der Waals surface area contributed by atoms with Crippen molar-refractivity contribution in [1.29, 1.82) is 0 Å². The number of carbonyl (C=O) groups is 1. The quantitative estimate of drug-likeness (QED) is 0.389. The van der Waals surface area contributed by atoms with Crippen LogP contribution in [0.25, 0.3) is 16.8 Å². The zero-order valence-electron chi connectivity index (χ0n) is 19.8. The summed E-state index contributed by atoms with van der Waals surface area (Å²) in [7, 11) is -8.34. The molecule has 1 amide bonds. The first-order valence-electron chi connectivity index (χ1n) is 10.6. The number of hydrogen-bond acceptors (Lipinski definition) is 7. The topological polar surface area (TPSA) is 151 Å². The molecule has 0 aliphatic carbocycles. The summed E-state index contributed by atoms with van der Waals surface area (Å²) in [4.78, 5) is 30.9. The SMILES string of the molecule is Cc1nc2c(-c3ccccc3)c(C)[nH]n2c(=O)c1C(=O)Nc1cccc(N(S(C)(=O)=O)S(C)(=O)=O)c1. The number of aromatic amines is 1. The van der Waals surface area contributed by atoms with Gasteiger partial charge in [-0.3, -0.25) is 14.7 Å². The molecular weight excluding hydrogens is 506 g/mol. The molecule has 2 aromatic carbocycles. The number of fused-ring (bicyclic) bond motifs is 1. The third-order valence-electron chi connectivity index (χ3n) is 5.35. The van der Waals surface area contributed by atoms with Gasteiger partial charge in [-0.1, -0.05) is 36.4 Å². The Kier molecular flexibility index (Phi) is 6.22. The Hall–Kier alpha value is -3.97. The fourth-order valence-corrected chi connectivity index (χ4v) is 6.98. The lowest BCUT2D eigenvalue weighted by Gasteiger charge is -2.20. The van der Waals surface area contributed by atoms with E-state index < -0.39 is 31.5 Å². The number of amides is 1. The number of nitrogens with zero attached hydrogens (tertiary/aromatic N) is 3. The maximum atomic E-state index is 13.3. The number of rotatable bonds is 6. The van der Waals surface area contributed by atoms with Gasteiger partial charge in [-0.2, -0.15) is 3.71 Å². The van der Waals surface area contributed by atoms with Crippen LogP contribution < -0.4 is 14.6 Å². The lowest BCUT2D eigenvalue weighted by Crippen LogP contribution is -2.35. The summed E-state index contributed by atoms with van der Waals surface area (Å²) in [5.74, 6) is -0.782. The minimum Gasteiger partial charge on any atom is -0.322 e. The Balaban J connectivity index is 1.76. The number of nitrogens with one attached hydrogen (secondary N) is 2. The highest BCUT2D eigenvalue weighted by atomic mass is 32.3. The van der Waals surface area contributed by atoms with Crippen LogP contribution >= 0.6 is 0 Å². The molecule has 0 aliphatic heterocycles. The third-order valence-corrected chi connectivity index (χ3v) is 8.60. The molecule has 0 aliphatic rings. The predicted molar refractivity (Wildman–Crippen MR) is 137 cm³/mol. The molecule has 4 aromatic rings. The maximum absolute atomic E-state index is 13.3. The van der Waals surface area contributed by atoms with E-state index in [-0.39, 0.29) is 26.3 Å².